The normalized spacial score (nSPS) is 17.1. The van der Waals surface area contributed by atoms with Gasteiger partial charge in [0.05, 0.1) is 32.0 Å². The second kappa shape index (κ2) is 9.28. The quantitative estimate of drug-likeness (QED) is 0.460. The van der Waals surface area contributed by atoms with Crippen LogP contribution in [0.15, 0.2) is 0 Å². The van der Waals surface area contributed by atoms with Crippen LogP contribution in [0.5, 0.6) is 0 Å². The summed E-state index contributed by atoms with van der Waals surface area (Å²) in [7, 11) is -3.39. The van der Waals surface area contributed by atoms with Gasteiger partial charge in [-0.3, -0.25) is 9.69 Å². The molecule has 1 heterocycles. The highest BCUT2D eigenvalue weighted by atomic mass is 32.2. The van der Waals surface area contributed by atoms with E-state index in [1.807, 2.05) is 0 Å². The van der Waals surface area contributed by atoms with Crippen molar-refractivity contribution in [2.75, 3.05) is 51.8 Å². The maximum atomic E-state index is 11.6. The summed E-state index contributed by atoms with van der Waals surface area (Å²) >= 11 is 0. The highest BCUT2D eigenvalue weighted by Gasteiger charge is 2.14. The fraction of sp³-hybridized carbons (Fsp3) is 0.917. The van der Waals surface area contributed by atoms with E-state index in [-0.39, 0.29) is 18.8 Å². The lowest BCUT2D eigenvalue weighted by molar-refractivity contribution is -0.142. The first-order valence-electron chi connectivity index (χ1n) is 6.96. The topological polar surface area (TPSA) is 84.9 Å². The first-order chi connectivity index (χ1) is 9.53. The van der Waals surface area contributed by atoms with E-state index in [9.17, 15) is 13.2 Å². The Morgan fingerprint density at radius 1 is 1.35 bits per heavy atom. The van der Waals surface area contributed by atoms with Gasteiger partial charge in [0, 0.05) is 19.6 Å². The van der Waals surface area contributed by atoms with Gasteiger partial charge in [-0.15, -0.1) is 0 Å². The van der Waals surface area contributed by atoms with Crippen molar-refractivity contribution >= 4 is 16.0 Å². The molecule has 1 N–H and O–H groups in total. The summed E-state index contributed by atoms with van der Waals surface area (Å²) in [6.07, 6.45) is 0.644. The number of carbonyl (C=O) groups is 1. The molecule has 0 amide bonds. The predicted octanol–water partition coefficient (Wildman–Crippen LogP) is -0.419. The Kier molecular flexibility index (Phi) is 8.05. The van der Waals surface area contributed by atoms with Gasteiger partial charge in [-0.05, 0) is 19.9 Å². The fourth-order valence-electron chi connectivity index (χ4n) is 1.88. The van der Waals surface area contributed by atoms with Crippen LogP contribution in [0.25, 0.3) is 0 Å². The maximum absolute atomic E-state index is 11.6. The zero-order chi connectivity index (χ0) is 14.8. The average Bonchev–Trinajstić information content (AvgIpc) is 2.43. The molecule has 118 valence electrons. The van der Waals surface area contributed by atoms with E-state index < -0.39 is 16.0 Å². The first kappa shape index (κ1) is 17.4. The lowest BCUT2D eigenvalue weighted by Crippen LogP contribution is -2.38. The lowest BCUT2D eigenvalue weighted by atomic mass is 10.3. The van der Waals surface area contributed by atoms with Gasteiger partial charge in [0.2, 0.25) is 10.0 Å². The number of hydrogen-bond donors (Lipinski definition) is 1. The van der Waals surface area contributed by atoms with Crippen LogP contribution in [-0.4, -0.2) is 71.0 Å². The minimum atomic E-state index is -3.39. The van der Waals surface area contributed by atoms with Crippen molar-refractivity contribution in [1.29, 1.82) is 0 Å². The predicted molar refractivity (Wildman–Crippen MR) is 74.9 cm³/mol. The number of morpholine rings is 1. The zero-order valence-electron chi connectivity index (χ0n) is 12.0. The molecule has 20 heavy (non-hydrogen) atoms. The van der Waals surface area contributed by atoms with E-state index in [0.717, 1.165) is 39.3 Å². The van der Waals surface area contributed by atoms with E-state index >= 15 is 0 Å². The van der Waals surface area contributed by atoms with Crippen molar-refractivity contribution in [3.05, 3.63) is 0 Å². The van der Waals surface area contributed by atoms with Gasteiger partial charge in [-0.25, -0.2) is 13.1 Å². The molecule has 1 saturated heterocycles. The molecule has 0 radical (unpaired) electrons. The Bertz CT molecular complexity index is 379. The maximum Gasteiger partial charge on any atom is 0.306 e. The van der Waals surface area contributed by atoms with Crippen molar-refractivity contribution in [1.82, 2.24) is 9.62 Å². The number of rotatable bonds is 9. The van der Waals surface area contributed by atoms with E-state index in [2.05, 4.69) is 9.62 Å². The van der Waals surface area contributed by atoms with Gasteiger partial charge in [0.15, 0.2) is 0 Å². The van der Waals surface area contributed by atoms with Crippen molar-refractivity contribution in [3.8, 4) is 0 Å². The number of hydrogen-bond acceptors (Lipinski definition) is 6. The highest BCUT2D eigenvalue weighted by molar-refractivity contribution is 7.89. The molecule has 0 saturated carbocycles. The standard InChI is InChI=1S/C12H24N2O5S/c1-2-19-12(15)4-11-20(16,17)13-5-3-6-14-7-9-18-10-8-14/h13H,2-11H2,1H3. The van der Waals surface area contributed by atoms with Crippen LogP contribution in [-0.2, 0) is 24.3 Å². The largest absolute Gasteiger partial charge is 0.466 e. The molecule has 0 bridgehead atoms. The molecule has 0 spiro atoms. The Labute approximate surface area is 120 Å². The van der Waals surface area contributed by atoms with E-state index in [1.54, 1.807) is 6.92 Å². The van der Waals surface area contributed by atoms with Crippen molar-refractivity contribution in [2.24, 2.45) is 0 Å². The first-order valence-corrected chi connectivity index (χ1v) is 8.62. The second-order valence-electron chi connectivity index (χ2n) is 4.58. The summed E-state index contributed by atoms with van der Waals surface area (Å²) in [6, 6.07) is 0. The zero-order valence-corrected chi connectivity index (χ0v) is 12.8. The Morgan fingerprint density at radius 2 is 2.05 bits per heavy atom. The third kappa shape index (κ3) is 7.78. The van der Waals surface area contributed by atoms with Crippen molar-refractivity contribution in [3.63, 3.8) is 0 Å². The molecule has 1 aliphatic rings. The van der Waals surface area contributed by atoms with Crippen LogP contribution in [0.2, 0.25) is 0 Å². The molecule has 7 nitrogen and oxygen atoms in total. The van der Waals surface area contributed by atoms with Crippen molar-refractivity contribution < 1.29 is 22.7 Å². The summed E-state index contributed by atoms with van der Waals surface area (Å²) in [5, 5.41) is 0. The number of nitrogens with one attached hydrogen (secondary N) is 1. The summed E-state index contributed by atoms with van der Waals surface area (Å²) < 4.78 is 35.7. The fourth-order valence-corrected chi connectivity index (χ4v) is 2.91. The van der Waals surface area contributed by atoms with Gasteiger partial charge in [-0.1, -0.05) is 0 Å². The molecule has 1 fully saturated rings. The molecule has 0 aromatic carbocycles. The third-order valence-electron chi connectivity index (χ3n) is 2.96. The molecular weight excluding hydrogens is 284 g/mol. The SMILES string of the molecule is CCOC(=O)CCS(=O)(=O)NCCCN1CCOCC1. The summed E-state index contributed by atoms with van der Waals surface area (Å²) in [6.45, 7) is 6.48. The molecule has 0 aromatic heterocycles. The molecular formula is C12H24N2O5S. The van der Waals surface area contributed by atoms with Gasteiger partial charge in [0.25, 0.3) is 0 Å². The van der Waals surface area contributed by atoms with Gasteiger partial charge >= 0.3 is 5.97 Å². The molecule has 0 aliphatic carbocycles. The minimum Gasteiger partial charge on any atom is -0.466 e. The molecule has 0 unspecified atom stereocenters. The van der Waals surface area contributed by atoms with Crippen LogP contribution in [0, 0.1) is 0 Å². The van der Waals surface area contributed by atoms with E-state index in [1.165, 1.54) is 0 Å². The summed E-state index contributed by atoms with van der Waals surface area (Å²) in [5.74, 6) is -0.699. The van der Waals surface area contributed by atoms with Gasteiger partial charge in [0.1, 0.15) is 0 Å². The smallest absolute Gasteiger partial charge is 0.306 e. The van der Waals surface area contributed by atoms with Crippen molar-refractivity contribution in [2.45, 2.75) is 19.8 Å². The van der Waals surface area contributed by atoms with Crippen LogP contribution in [0.3, 0.4) is 0 Å². The number of carbonyl (C=O) groups excluding carboxylic acids is 1. The highest BCUT2D eigenvalue weighted by Crippen LogP contribution is 1.98. The van der Waals surface area contributed by atoms with Crippen LogP contribution in [0.1, 0.15) is 19.8 Å². The number of ether oxygens (including phenoxy) is 2. The second-order valence-corrected chi connectivity index (χ2v) is 6.50. The van der Waals surface area contributed by atoms with Crippen LogP contribution in [0.4, 0.5) is 0 Å². The van der Waals surface area contributed by atoms with Crippen LogP contribution < -0.4 is 4.72 Å². The molecule has 1 aliphatic heterocycles. The van der Waals surface area contributed by atoms with Gasteiger partial charge in [-0.2, -0.15) is 0 Å². The van der Waals surface area contributed by atoms with E-state index in [0.29, 0.717) is 6.54 Å². The molecule has 0 atom stereocenters. The van der Waals surface area contributed by atoms with E-state index in [4.69, 9.17) is 9.47 Å². The number of esters is 1. The molecule has 1 rings (SSSR count). The third-order valence-corrected chi connectivity index (χ3v) is 4.34. The summed E-state index contributed by atoms with van der Waals surface area (Å²) in [4.78, 5) is 13.3. The Hall–Kier alpha value is -0.700. The molecule has 8 heteroatoms. The lowest BCUT2D eigenvalue weighted by Gasteiger charge is -2.26. The Morgan fingerprint density at radius 3 is 2.70 bits per heavy atom. The van der Waals surface area contributed by atoms with Crippen LogP contribution >= 0.6 is 0 Å². The monoisotopic (exact) mass is 308 g/mol. The Balaban J connectivity index is 2.11. The van der Waals surface area contributed by atoms with Gasteiger partial charge < -0.3 is 9.47 Å². The molecule has 0 aromatic rings. The average molecular weight is 308 g/mol. The number of nitrogens with zero attached hydrogens (tertiary/aromatic N) is 1. The summed E-state index contributed by atoms with van der Waals surface area (Å²) in [5.41, 5.74) is 0. The number of sulfonamides is 1. The minimum absolute atomic E-state index is 0.105.